The molecule has 2 heteroatoms. The van der Waals surface area contributed by atoms with E-state index in [1.54, 1.807) is 0 Å². The standard InChI is InChI=1S/C13H18N2/c1-13(2,3)12(14)10-8-15-11-7-5-4-6-9(10)11/h4-8,12,15H,14H2,1-3H3/t12-/m1/s1. The first kappa shape index (κ1) is 10.2. The van der Waals surface area contributed by atoms with E-state index in [-0.39, 0.29) is 11.5 Å². The number of nitrogens with two attached hydrogens (primary N) is 1. The van der Waals surface area contributed by atoms with Crippen LogP contribution in [0.2, 0.25) is 0 Å². The van der Waals surface area contributed by atoms with E-state index in [0.717, 1.165) is 5.52 Å². The normalized spacial score (nSPS) is 14.4. The van der Waals surface area contributed by atoms with Gasteiger partial charge in [-0.25, -0.2) is 0 Å². The summed E-state index contributed by atoms with van der Waals surface area (Å²) in [6.07, 6.45) is 2.03. The summed E-state index contributed by atoms with van der Waals surface area (Å²) in [6, 6.07) is 8.34. The van der Waals surface area contributed by atoms with Crippen LogP contribution >= 0.6 is 0 Å². The molecule has 15 heavy (non-hydrogen) atoms. The van der Waals surface area contributed by atoms with Crippen molar-refractivity contribution >= 4 is 10.9 Å². The fraction of sp³-hybridized carbons (Fsp3) is 0.385. The predicted octanol–water partition coefficient (Wildman–Crippen LogP) is 3.21. The molecule has 2 aromatic rings. The zero-order chi connectivity index (χ0) is 11.1. The molecule has 0 saturated carbocycles. The first-order valence-electron chi connectivity index (χ1n) is 5.32. The van der Waals surface area contributed by atoms with E-state index in [2.05, 4.69) is 44.0 Å². The van der Waals surface area contributed by atoms with Crippen LogP contribution in [0.15, 0.2) is 30.5 Å². The van der Waals surface area contributed by atoms with Crippen LogP contribution in [-0.4, -0.2) is 4.98 Å². The lowest BCUT2D eigenvalue weighted by Crippen LogP contribution is -2.25. The largest absolute Gasteiger partial charge is 0.361 e. The highest BCUT2D eigenvalue weighted by atomic mass is 14.7. The Morgan fingerprint density at radius 3 is 2.53 bits per heavy atom. The van der Waals surface area contributed by atoms with Gasteiger partial charge in [0.15, 0.2) is 0 Å². The van der Waals surface area contributed by atoms with Gasteiger partial charge in [-0.1, -0.05) is 39.0 Å². The maximum Gasteiger partial charge on any atom is 0.0457 e. The number of aromatic amines is 1. The number of nitrogens with one attached hydrogen (secondary N) is 1. The number of benzene rings is 1. The monoisotopic (exact) mass is 202 g/mol. The molecule has 0 aliphatic rings. The van der Waals surface area contributed by atoms with Gasteiger partial charge in [0.05, 0.1) is 0 Å². The van der Waals surface area contributed by atoms with E-state index in [1.807, 2.05) is 12.3 Å². The summed E-state index contributed by atoms with van der Waals surface area (Å²) in [5.41, 5.74) is 8.72. The van der Waals surface area contributed by atoms with Crippen molar-refractivity contribution in [3.8, 4) is 0 Å². The van der Waals surface area contributed by atoms with Crippen molar-refractivity contribution in [1.29, 1.82) is 0 Å². The Balaban J connectivity index is 2.53. The number of hydrogen-bond acceptors (Lipinski definition) is 1. The molecule has 0 aliphatic heterocycles. The topological polar surface area (TPSA) is 41.8 Å². The van der Waals surface area contributed by atoms with E-state index in [1.165, 1.54) is 10.9 Å². The molecule has 0 spiro atoms. The predicted molar refractivity (Wildman–Crippen MR) is 64.7 cm³/mol. The molecule has 1 heterocycles. The Morgan fingerprint density at radius 1 is 1.20 bits per heavy atom. The summed E-state index contributed by atoms with van der Waals surface area (Å²) in [6.45, 7) is 6.50. The first-order valence-corrected chi connectivity index (χ1v) is 5.32. The summed E-state index contributed by atoms with van der Waals surface area (Å²) in [4.78, 5) is 3.26. The van der Waals surface area contributed by atoms with Crippen molar-refractivity contribution in [3.63, 3.8) is 0 Å². The van der Waals surface area contributed by atoms with Gasteiger partial charge < -0.3 is 10.7 Å². The van der Waals surface area contributed by atoms with Gasteiger partial charge in [-0.2, -0.15) is 0 Å². The molecule has 2 rings (SSSR count). The molecule has 0 fully saturated rings. The molecule has 0 amide bonds. The SMILES string of the molecule is CC(C)(C)[C@H](N)c1c[nH]c2ccccc12. The Hall–Kier alpha value is -1.28. The number of hydrogen-bond donors (Lipinski definition) is 2. The molecule has 1 aromatic carbocycles. The lowest BCUT2D eigenvalue weighted by atomic mass is 9.83. The molecule has 1 aromatic heterocycles. The zero-order valence-electron chi connectivity index (χ0n) is 9.54. The van der Waals surface area contributed by atoms with Crippen molar-refractivity contribution in [2.75, 3.05) is 0 Å². The van der Waals surface area contributed by atoms with Crippen LogP contribution < -0.4 is 5.73 Å². The fourth-order valence-corrected chi connectivity index (χ4v) is 1.82. The van der Waals surface area contributed by atoms with Crippen LogP contribution in [0.3, 0.4) is 0 Å². The molecule has 1 atom stereocenters. The second-order valence-corrected chi connectivity index (χ2v) is 5.13. The Labute approximate surface area is 90.5 Å². The Kier molecular flexibility index (Phi) is 2.31. The highest BCUT2D eigenvalue weighted by Gasteiger charge is 2.24. The number of aromatic nitrogens is 1. The summed E-state index contributed by atoms with van der Waals surface area (Å²) >= 11 is 0. The maximum atomic E-state index is 6.26. The number of H-pyrrole nitrogens is 1. The number of rotatable bonds is 1. The first-order chi connectivity index (χ1) is 7.00. The van der Waals surface area contributed by atoms with Crippen LogP contribution in [-0.2, 0) is 0 Å². The van der Waals surface area contributed by atoms with Gasteiger partial charge in [-0.05, 0) is 17.0 Å². The number of para-hydroxylation sites is 1. The lowest BCUT2D eigenvalue weighted by molar-refractivity contribution is 0.328. The van der Waals surface area contributed by atoms with E-state index in [0.29, 0.717) is 0 Å². The average Bonchev–Trinajstić information content (AvgIpc) is 2.58. The highest BCUT2D eigenvalue weighted by molar-refractivity contribution is 5.83. The smallest absolute Gasteiger partial charge is 0.0457 e. The summed E-state index contributed by atoms with van der Waals surface area (Å²) in [5.74, 6) is 0. The van der Waals surface area contributed by atoms with E-state index < -0.39 is 0 Å². The van der Waals surface area contributed by atoms with E-state index >= 15 is 0 Å². The van der Waals surface area contributed by atoms with E-state index in [4.69, 9.17) is 5.73 Å². The third-order valence-corrected chi connectivity index (χ3v) is 2.89. The van der Waals surface area contributed by atoms with Crippen molar-refractivity contribution in [1.82, 2.24) is 4.98 Å². The molecule has 0 saturated heterocycles. The third kappa shape index (κ3) is 1.77. The molecule has 3 N–H and O–H groups in total. The third-order valence-electron chi connectivity index (χ3n) is 2.89. The second kappa shape index (κ2) is 3.38. The van der Waals surface area contributed by atoms with Gasteiger partial charge in [0.25, 0.3) is 0 Å². The van der Waals surface area contributed by atoms with Crippen LogP contribution in [0.4, 0.5) is 0 Å². The minimum absolute atomic E-state index is 0.0636. The average molecular weight is 202 g/mol. The minimum atomic E-state index is 0.0636. The summed E-state index contributed by atoms with van der Waals surface area (Å²) in [5, 5.41) is 1.24. The highest BCUT2D eigenvalue weighted by Crippen LogP contribution is 2.34. The van der Waals surface area contributed by atoms with Gasteiger partial charge in [0, 0.05) is 23.1 Å². The van der Waals surface area contributed by atoms with Crippen LogP contribution in [0, 0.1) is 5.41 Å². The molecule has 0 aliphatic carbocycles. The van der Waals surface area contributed by atoms with Gasteiger partial charge in [-0.3, -0.25) is 0 Å². The summed E-state index contributed by atoms with van der Waals surface area (Å²) in [7, 11) is 0. The van der Waals surface area contributed by atoms with Gasteiger partial charge >= 0.3 is 0 Å². The van der Waals surface area contributed by atoms with Crippen LogP contribution in [0.1, 0.15) is 32.4 Å². The zero-order valence-corrected chi connectivity index (χ0v) is 9.54. The number of fused-ring (bicyclic) bond motifs is 1. The molecule has 2 nitrogen and oxygen atoms in total. The molecule has 0 radical (unpaired) electrons. The Morgan fingerprint density at radius 2 is 1.87 bits per heavy atom. The van der Waals surface area contributed by atoms with Gasteiger partial charge in [0.2, 0.25) is 0 Å². The minimum Gasteiger partial charge on any atom is -0.361 e. The molecule has 80 valence electrons. The lowest BCUT2D eigenvalue weighted by Gasteiger charge is -2.26. The molecular weight excluding hydrogens is 184 g/mol. The van der Waals surface area contributed by atoms with Crippen molar-refractivity contribution in [2.45, 2.75) is 26.8 Å². The van der Waals surface area contributed by atoms with Crippen molar-refractivity contribution in [3.05, 3.63) is 36.0 Å². The van der Waals surface area contributed by atoms with E-state index in [9.17, 15) is 0 Å². The quantitative estimate of drug-likeness (QED) is 0.732. The van der Waals surface area contributed by atoms with Crippen LogP contribution in [0.5, 0.6) is 0 Å². The second-order valence-electron chi connectivity index (χ2n) is 5.13. The maximum absolute atomic E-state index is 6.26. The summed E-state index contributed by atoms with van der Waals surface area (Å²) < 4.78 is 0. The van der Waals surface area contributed by atoms with Gasteiger partial charge in [-0.15, -0.1) is 0 Å². The Bertz CT molecular complexity index is 463. The van der Waals surface area contributed by atoms with Gasteiger partial charge in [0.1, 0.15) is 0 Å². The van der Waals surface area contributed by atoms with Crippen molar-refractivity contribution < 1.29 is 0 Å². The molecule has 0 unspecified atom stereocenters. The van der Waals surface area contributed by atoms with Crippen LogP contribution in [0.25, 0.3) is 10.9 Å². The van der Waals surface area contributed by atoms with Crippen molar-refractivity contribution in [2.24, 2.45) is 11.1 Å². The fourth-order valence-electron chi connectivity index (χ4n) is 1.82. The molecule has 0 bridgehead atoms. The molecular formula is C13H18N2.